The predicted octanol–water partition coefficient (Wildman–Crippen LogP) is 3.16. The van der Waals surface area contributed by atoms with Crippen LogP contribution in [0.2, 0.25) is 0 Å². The molecule has 0 spiro atoms. The molecule has 20 heavy (non-hydrogen) atoms. The minimum Gasteiger partial charge on any atom is -0.307 e. The van der Waals surface area contributed by atoms with Crippen molar-refractivity contribution >= 4 is 40.0 Å². The van der Waals surface area contributed by atoms with E-state index in [-0.39, 0.29) is 11.3 Å². The van der Waals surface area contributed by atoms with Crippen LogP contribution >= 0.6 is 22.6 Å². The van der Waals surface area contributed by atoms with E-state index in [1.807, 2.05) is 35.6 Å². The average molecular weight is 383 g/mol. The van der Waals surface area contributed by atoms with Crippen molar-refractivity contribution < 1.29 is 9.72 Å². The molecule has 7 heteroatoms. The highest BCUT2D eigenvalue weighted by Gasteiger charge is 2.15. The van der Waals surface area contributed by atoms with Crippen molar-refractivity contribution in [3.05, 3.63) is 61.3 Å². The number of carbonyl (C=O) groups is 1. The smallest absolute Gasteiger partial charge is 0.270 e. The maximum atomic E-state index is 12.1. The molecule has 0 saturated carbocycles. The maximum Gasteiger partial charge on any atom is 0.270 e. The van der Waals surface area contributed by atoms with Gasteiger partial charge in [-0.05, 0) is 53.3 Å². The van der Waals surface area contributed by atoms with Crippen LogP contribution in [0.4, 0.5) is 11.5 Å². The summed E-state index contributed by atoms with van der Waals surface area (Å²) < 4.78 is 0.637. The third-order valence-corrected chi connectivity index (χ3v) is 3.50. The van der Waals surface area contributed by atoms with Gasteiger partial charge in [0.1, 0.15) is 5.82 Å². The van der Waals surface area contributed by atoms with Gasteiger partial charge in [0.2, 0.25) is 0 Å². The number of hydrogen-bond acceptors (Lipinski definition) is 4. The third-order valence-electron chi connectivity index (χ3n) is 2.56. The zero-order chi connectivity index (χ0) is 14.7. The number of hydrogen-bond donors (Lipinski definition) is 1. The van der Waals surface area contributed by atoms with Crippen LogP contribution in [0.25, 0.3) is 0 Å². The fourth-order valence-corrected chi connectivity index (χ4v) is 2.17. The molecule has 0 saturated heterocycles. The first-order valence-corrected chi connectivity index (χ1v) is 6.73. The molecule has 0 aliphatic carbocycles. The molecule has 2 aromatic rings. The van der Waals surface area contributed by atoms with Crippen LogP contribution in [0, 0.1) is 20.6 Å². The fourth-order valence-electron chi connectivity index (χ4n) is 1.59. The average Bonchev–Trinajstić information content (AvgIpc) is 2.38. The Hall–Kier alpha value is -2.03. The minimum absolute atomic E-state index is 0.118. The second kappa shape index (κ2) is 5.95. The summed E-state index contributed by atoms with van der Waals surface area (Å²) in [5, 5.41) is 13.4. The van der Waals surface area contributed by atoms with E-state index in [9.17, 15) is 14.9 Å². The fraction of sp³-hybridized carbons (Fsp3) is 0.0769. The van der Waals surface area contributed by atoms with Crippen LogP contribution in [-0.4, -0.2) is 15.8 Å². The molecule has 1 N–H and O–H groups in total. The first kappa shape index (κ1) is 14.4. The molecule has 1 aromatic heterocycles. The Balaban J connectivity index is 2.29. The number of nitro groups is 1. The molecule has 0 atom stereocenters. The van der Waals surface area contributed by atoms with Gasteiger partial charge in [0.25, 0.3) is 11.6 Å². The Morgan fingerprint density at radius 2 is 2.10 bits per heavy atom. The lowest BCUT2D eigenvalue weighted by atomic mass is 10.2. The molecular formula is C13H10IN3O3. The van der Waals surface area contributed by atoms with Gasteiger partial charge in [-0.25, -0.2) is 4.98 Å². The van der Waals surface area contributed by atoms with Crippen molar-refractivity contribution in [1.29, 1.82) is 0 Å². The van der Waals surface area contributed by atoms with Crippen molar-refractivity contribution in [1.82, 2.24) is 4.98 Å². The van der Waals surface area contributed by atoms with Crippen LogP contribution < -0.4 is 5.32 Å². The quantitative estimate of drug-likeness (QED) is 0.501. The molecule has 1 aromatic carbocycles. The summed E-state index contributed by atoms with van der Waals surface area (Å²) in [6.45, 7) is 1.88. The summed E-state index contributed by atoms with van der Waals surface area (Å²) in [6.07, 6.45) is 1.59. The van der Waals surface area contributed by atoms with Gasteiger partial charge in [-0.1, -0.05) is 0 Å². The number of amides is 1. The summed E-state index contributed by atoms with van der Waals surface area (Å²) in [5.41, 5.74) is 1.10. The molecule has 102 valence electrons. The van der Waals surface area contributed by atoms with E-state index >= 15 is 0 Å². The topological polar surface area (TPSA) is 85.1 Å². The van der Waals surface area contributed by atoms with Crippen LogP contribution in [0.15, 0.2) is 36.5 Å². The van der Waals surface area contributed by atoms with Crippen LogP contribution in [0.5, 0.6) is 0 Å². The first-order chi connectivity index (χ1) is 9.47. The Labute approximate surface area is 128 Å². The van der Waals surface area contributed by atoms with Crippen molar-refractivity contribution in [2.45, 2.75) is 6.92 Å². The molecule has 1 heterocycles. The number of non-ortho nitro benzene ring substituents is 1. The normalized spacial score (nSPS) is 10.1. The van der Waals surface area contributed by atoms with Gasteiger partial charge >= 0.3 is 0 Å². The predicted molar refractivity (Wildman–Crippen MR) is 82.7 cm³/mol. The highest BCUT2D eigenvalue weighted by Crippen LogP contribution is 2.20. The number of anilines is 1. The third kappa shape index (κ3) is 3.29. The Morgan fingerprint density at radius 3 is 2.75 bits per heavy atom. The lowest BCUT2D eigenvalue weighted by Gasteiger charge is -2.06. The summed E-state index contributed by atoms with van der Waals surface area (Å²) in [6, 6.07) is 7.70. The van der Waals surface area contributed by atoms with Crippen LogP contribution in [0.3, 0.4) is 0 Å². The second-order valence-corrected chi connectivity index (χ2v) is 5.26. The van der Waals surface area contributed by atoms with Gasteiger partial charge in [0.05, 0.1) is 10.5 Å². The summed E-state index contributed by atoms with van der Waals surface area (Å²) in [4.78, 5) is 26.4. The zero-order valence-corrected chi connectivity index (χ0v) is 12.6. The number of rotatable bonds is 3. The molecular weight excluding hydrogens is 373 g/mol. The summed E-state index contributed by atoms with van der Waals surface area (Å²) in [5.74, 6) is -0.00601. The number of nitrogens with one attached hydrogen (secondary N) is 1. The Morgan fingerprint density at radius 1 is 1.35 bits per heavy atom. The van der Waals surface area contributed by atoms with Crippen LogP contribution in [0.1, 0.15) is 15.9 Å². The first-order valence-electron chi connectivity index (χ1n) is 5.65. The largest absolute Gasteiger partial charge is 0.307 e. The van der Waals surface area contributed by atoms with Gasteiger partial charge < -0.3 is 5.32 Å². The van der Waals surface area contributed by atoms with Crippen molar-refractivity contribution in [2.24, 2.45) is 0 Å². The number of aryl methyl sites for hydroxylation is 1. The van der Waals surface area contributed by atoms with E-state index in [4.69, 9.17) is 0 Å². The van der Waals surface area contributed by atoms with E-state index in [0.29, 0.717) is 9.39 Å². The van der Waals surface area contributed by atoms with Crippen LogP contribution in [-0.2, 0) is 0 Å². The van der Waals surface area contributed by atoms with Gasteiger partial charge in [0.15, 0.2) is 0 Å². The highest BCUT2D eigenvalue weighted by molar-refractivity contribution is 14.1. The molecule has 6 nitrogen and oxygen atoms in total. The lowest BCUT2D eigenvalue weighted by molar-refractivity contribution is -0.384. The van der Waals surface area contributed by atoms with Gasteiger partial charge in [-0.3, -0.25) is 14.9 Å². The maximum absolute atomic E-state index is 12.1. The number of carbonyl (C=O) groups excluding carboxylic acids is 1. The van der Waals surface area contributed by atoms with E-state index in [0.717, 1.165) is 5.56 Å². The molecule has 0 aliphatic rings. The molecule has 0 unspecified atom stereocenters. The monoisotopic (exact) mass is 383 g/mol. The zero-order valence-electron chi connectivity index (χ0n) is 10.5. The Kier molecular flexibility index (Phi) is 4.28. The molecule has 0 aliphatic heterocycles. The molecule has 0 radical (unpaired) electrons. The second-order valence-electron chi connectivity index (χ2n) is 4.09. The number of aromatic nitrogens is 1. The van der Waals surface area contributed by atoms with E-state index < -0.39 is 10.8 Å². The van der Waals surface area contributed by atoms with E-state index in [2.05, 4.69) is 10.3 Å². The summed E-state index contributed by atoms with van der Waals surface area (Å²) in [7, 11) is 0. The lowest BCUT2D eigenvalue weighted by Crippen LogP contribution is -2.14. The van der Waals surface area contributed by atoms with Gasteiger partial charge in [-0.2, -0.15) is 0 Å². The SMILES string of the molecule is Cc1ccnc(NC(=O)c2cc([N+](=O)[O-])ccc2I)c1. The Bertz CT molecular complexity index is 688. The van der Waals surface area contributed by atoms with Crippen molar-refractivity contribution in [3.63, 3.8) is 0 Å². The van der Waals surface area contributed by atoms with Gasteiger partial charge in [0, 0.05) is 21.9 Å². The highest BCUT2D eigenvalue weighted by atomic mass is 127. The number of benzene rings is 1. The van der Waals surface area contributed by atoms with E-state index in [1.54, 1.807) is 12.3 Å². The number of pyridine rings is 1. The summed E-state index contributed by atoms with van der Waals surface area (Å²) >= 11 is 1.96. The molecule has 1 amide bonds. The number of nitro benzene ring substituents is 1. The van der Waals surface area contributed by atoms with Gasteiger partial charge in [-0.15, -0.1) is 0 Å². The minimum atomic E-state index is -0.530. The van der Waals surface area contributed by atoms with Crippen molar-refractivity contribution in [2.75, 3.05) is 5.32 Å². The molecule has 0 fully saturated rings. The van der Waals surface area contributed by atoms with Crippen molar-refractivity contribution in [3.8, 4) is 0 Å². The standard InChI is InChI=1S/C13H10IN3O3/c1-8-4-5-15-12(6-8)16-13(18)10-7-9(17(19)20)2-3-11(10)14/h2-7H,1H3,(H,15,16,18). The molecule has 2 rings (SSSR count). The number of halogens is 1. The van der Waals surface area contributed by atoms with E-state index in [1.165, 1.54) is 18.2 Å². The number of nitrogens with zero attached hydrogens (tertiary/aromatic N) is 2. The molecule has 0 bridgehead atoms.